The molecule has 1 aliphatic carbocycles. The second kappa shape index (κ2) is 8.51. The van der Waals surface area contributed by atoms with Crippen LogP contribution in [0, 0.1) is 17.8 Å². The third-order valence-corrected chi connectivity index (χ3v) is 7.17. The van der Waals surface area contributed by atoms with Crippen molar-refractivity contribution >= 4 is 0 Å². The van der Waals surface area contributed by atoms with E-state index in [1.54, 1.807) is 0 Å². The molecular formula is C21H41N3. The Bertz CT molecular complexity index is 365. The summed E-state index contributed by atoms with van der Waals surface area (Å²) in [5.74, 6) is 2.80. The first kappa shape index (κ1) is 18.7. The van der Waals surface area contributed by atoms with Crippen LogP contribution < -0.4 is 0 Å². The highest BCUT2D eigenvalue weighted by atomic mass is 15.3. The van der Waals surface area contributed by atoms with Crippen LogP contribution in [0.4, 0.5) is 0 Å². The molecule has 140 valence electrons. The topological polar surface area (TPSA) is 9.72 Å². The Labute approximate surface area is 150 Å². The number of hydrogen-bond acceptors (Lipinski definition) is 3. The monoisotopic (exact) mass is 335 g/mol. The number of rotatable bonds is 5. The van der Waals surface area contributed by atoms with Gasteiger partial charge < -0.3 is 9.80 Å². The molecule has 0 aromatic carbocycles. The van der Waals surface area contributed by atoms with Gasteiger partial charge in [0.25, 0.3) is 0 Å². The highest BCUT2D eigenvalue weighted by Gasteiger charge is 2.31. The molecular weight excluding hydrogens is 294 g/mol. The zero-order valence-corrected chi connectivity index (χ0v) is 16.7. The van der Waals surface area contributed by atoms with E-state index in [9.17, 15) is 0 Å². The van der Waals surface area contributed by atoms with Crippen molar-refractivity contribution in [1.29, 1.82) is 0 Å². The maximum Gasteiger partial charge on any atom is 0.0113 e. The fraction of sp³-hybridized carbons (Fsp3) is 1.00. The lowest BCUT2D eigenvalue weighted by molar-refractivity contribution is 0.0593. The number of piperazine rings is 1. The van der Waals surface area contributed by atoms with Crippen LogP contribution in [0.15, 0.2) is 0 Å². The fourth-order valence-electron chi connectivity index (χ4n) is 5.29. The van der Waals surface area contributed by atoms with Crippen molar-refractivity contribution < 1.29 is 0 Å². The SMILES string of the molecule is CC(C)C1CCC(N2CCN(C[C@H]3CCN(C(C)C)C3)CC2)CC1. The van der Waals surface area contributed by atoms with Crippen LogP contribution in [0.2, 0.25) is 0 Å². The average molecular weight is 336 g/mol. The lowest BCUT2D eigenvalue weighted by Gasteiger charge is -2.43. The zero-order chi connectivity index (χ0) is 17.1. The normalized spacial score (nSPS) is 34.5. The van der Waals surface area contributed by atoms with Crippen molar-refractivity contribution in [3.05, 3.63) is 0 Å². The summed E-state index contributed by atoms with van der Waals surface area (Å²) < 4.78 is 0. The van der Waals surface area contributed by atoms with Gasteiger partial charge in [0.15, 0.2) is 0 Å². The summed E-state index contributed by atoms with van der Waals surface area (Å²) in [5, 5.41) is 0. The molecule has 3 aliphatic rings. The van der Waals surface area contributed by atoms with Crippen LogP contribution >= 0.6 is 0 Å². The molecule has 0 spiro atoms. The molecule has 0 amide bonds. The molecule has 0 aromatic heterocycles. The predicted octanol–water partition coefficient (Wildman–Crippen LogP) is 3.55. The van der Waals surface area contributed by atoms with Crippen molar-refractivity contribution in [2.45, 2.75) is 71.9 Å². The van der Waals surface area contributed by atoms with E-state index in [1.165, 1.54) is 77.9 Å². The largest absolute Gasteiger partial charge is 0.301 e. The third-order valence-electron chi connectivity index (χ3n) is 7.17. The van der Waals surface area contributed by atoms with E-state index >= 15 is 0 Å². The minimum absolute atomic E-state index is 0.729. The smallest absolute Gasteiger partial charge is 0.0113 e. The van der Waals surface area contributed by atoms with Gasteiger partial charge in [0.05, 0.1) is 0 Å². The molecule has 3 nitrogen and oxygen atoms in total. The lowest BCUT2D eigenvalue weighted by atomic mass is 9.79. The first-order valence-corrected chi connectivity index (χ1v) is 10.7. The van der Waals surface area contributed by atoms with Gasteiger partial charge in [-0.25, -0.2) is 0 Å². The van der Waals surface area contributed by atoms with Crippen molar-refractivity contribution in [2.24, 2.45) is 17.8 Å². The van der Waals surface area contributed by atoms with E-state index in [0.717, 1.165) is 29.8 Å². The number of nitrogens with zero attached hydrogens (tertiary/aromatic N) is 3. The molecule has 0 aromatic rings. The lowest BCUT2D eigenvalue weighted by Crippen LogP contribution is -2.52. The fourth-order valence-corrected chi connectivity index (χ4v) is 5.29. The van der Waals surface area contributed by atoms with Gasteiger partial charge in [0.1, 0.15) is 0 Å². The first-order valence-electron chi connectivity index (χ1n) is 10.7. The third kappa shape index (κ3) is 4.74. The molecule has 0 N–H and O–H groups in total. The summed E-state index contributed by atoms with van der Waals surface area (Å²) in [4.78, 5) is 8.24. The highest BCUT2D eigenvalue weighted by Crippen LogP contribution is 2.32. The Morgan fingerprint density at radius 1 is 0.792 bits per heavy atom. The second-order valence-electron chi connectivity index (χ2n) is 9.39. The Hall–Kier alpha value is -0.120. The van der Waals surface area contributed by atoms with E-state index in [2.05, 4.69) is 42.4 Å². The Kier molecular flexibility index (Phi) is 6.62. The minimum Gasteiger partial charge on any atom is -0.301 e. The van der Waals surface area contributed by atoms with E-state index < -0.39 is 0 Å². The van der Waals surface area contributed by atoms with Gasteiger partial charge in [-0.05, 0) is 70.3 Å². The zero-order valence-electron chi connectivity index (χ0n) is 16.7. The van der Waals surface area contributed by atoms with Crippen molar-refractivity contribution in [3.8, 4) is 0 Å². The molecule has 0 radical (unpaired) electrons. The van der Waals surface area contributed by atoms with Crippen LogP contribution in [0.5, 0.6) is 0 Å². The van der Waals surface area contributed by atoms with Gasteiger partial charge in [-0.2, -0.15) is 0 Å². The standard InChI is InChI=1S/C21H41N3/c1-17(2)20-5-7-21(8-6-20)23-13-11-22(12-14-23)15-19-9-10-24(16-19)18(3)4/h17-21H,5-16H2,1-4H3/t19-,20?,21?/m1/s1. The molecule has 2 saturated heterocycles. The number of likely N-dealkylation sites (tertiary alicyclic amines) is 1. The molecule has 1 atom stereocenters. The first-order chi connectivity index (χ1) is 11.5. The molecule has 24 heavy (non-hydrogen) atoms. The quantitative estimate of drug-likeness (QED) is 0.761. The average Bonchev–Trinajstić information content (AvgIpc) is 3.04. The van der Waals surface area contributed by atoms with Gasteiger partial charge in [-0.3, -0.25) is 4.90 Å². The maximum absolute atomic E-state index is 2.82. The summed E-state index contributed by atoms with van der Waals surface area (Å²) in [6.45, 7) is 18.8. The van der Waals surface area contributed by atoms with Gasteiger partial charge in [-0.15, -0.1) is 0 Å². The Morgan fingerprint density at radius 2 is 1.46 bits per heavy atom. The van der Waals surface area contributed by atoms with Crippen LogP contribution in [-0.2, 0) is 0 Å². The van der Waals surface area contributed by atoms with E-state index in [1.807, 2.05) is 0 Å². The second-order valence-corrected chi connectivity index (χ2v) is 9.39. The van der Waals surface area contributed by atoms with Crippen molar-refractivity contribution in [2.75, 3.05) is 45.8 Å². The molecule has 0 unspecified atom stereocenters. The summed E-state index contributed by atoms with van der Waals surface area (Å²) in [5.41, 5.74) is 0. The highest BCUT2D eigenvalue weighted by molar-refractivity contribution is 4.86. The molecule has 3 fully saturated rings. The predicted molar refractivity (Wildman–Crippen MR) is 103 cm³/mol. The Morgan fingerprint density at radius 3 is 2.00 bits per heavy atom. The van der Waals surface area contributed by atoms with E-state index in [4.69, 9.17) is 0 Å². The van der Waals surface area contributed by atoms with Crippen LogP contribution in [0.1, 0.15) is 59.8 Å². The summed E-state index contributed by atoms with van der Waals surface area (Å²) in [6, 6.07) is 1.62. The maximum atomic E-state index is 2.82. The molecule has 0 bridgehead atoms. The van der Waals surface area contributed by atoms with Crippen molar-refractivity contribution in [3.63, 3.8) is 0 Å². The van der Waals surface area contributed by atoms with Gasteiger partial charge in [0, 0.05) is 51.4 Å². The minimum atomic E-state index is 0.729. The van der Waals surface area contributed by atoms with Gasteiger partial charge in [-0.1, -0.05) is 13.8 Å². The molecule has 1 saturated carbocycles. The van der Waals surface area contributed by atoms with Crippen LogP contribution in [0.3, 0.4) is 0 Å². The molecule has 3 rings (SSSR count). The van der Waals surface area contributed by atoms with Gasteiger partial charge in [0.2, 0.25) is 0 Å². The van der Waals surface area contributed by atoms with E-state index in [0.29, 0.717) is 0 Å². The van der Waals surface area contributed by atoms with Crippen molar-refractivity contribution in [1.82, 2.24) is 14.7 Å². The Balaban J connectivity index is 1.36. The molecule has 2 aliphatic heterocycles. The van der Waals surface area contributed by atoms with Gasteiger partial charge >= 0.3 is 0 Å². The molecule has 3 heteroatoms. The summed E-state index contributed by atoms with van der Waals surface area (Å²) in [7, 11) is 0. The summed E-state index contributed by atoms with van der Waals surface area (Å²) >= 11 is 0. The van der Waals surface area contributed by atoms with E-state index in [-0.39, 0.29) is 0 Å². The summed E-state index contributed by atoms with van der Waals surface area (Å²) in [6.07, 6.45) is 7.26. The molecule has 2 heterocycles. The van der Waals surface area contributed by atoms with Crippen LogP contribution in [0.25, 0.3) is 0 Å². The number of hydrogen-bond donors (Lipinski definition) is 0. The van der Waals surface area contributed by atoms with Crippen LogP contribution in [-0.4, -0.2) is 72.6 Å².